The Morgan fingerprint density at radius 3 is 2.41 bits per heavy atom. The smallest absolute Gasteiger partial charge is 0.254 e. The molecule has 152 valence electrons. The first kappa shape index (κ1) is 18.4. The van der Waals surface area contributed by atoms with Crippen LogP contribution >= 0.6 is 0 Å². The van der Waals surface area contributed by atoms with Crippen molar-refractivity contribution in [3.63, 3.8) is 0 Å². The average Bonchev–Trinajstić information content (AvgIpc) is 3.05. The predicted octanol–water partition coefficient (Wildman–Crippen LogP) is 3.13. The van der Waals surface area contributed by atoms with Crippen molar-refractivity contribution in [1.29, 1.82) is 0 Å². The molecule has 3 fully saturated rings. The molecular formula is C23H27N3O3. The molecule has 4 heterocycles. The summed E-state index contributed by atoms with van der Waals surface area (Å²) in [7, 11) is 0. The SMILES string of the molecule is O=C(c1ccc(N2CCOCC2)cc1)N1[C@H]2CC[C@H]1CC(Oc1cccnc1)C2. The van der Waals surface area contributed by atoms with Gasteiger partial charge in [-0.1, -0.05) is 0 Å². The number of hydrogen-bond donors (Lipinski definition) is 0. The van der Waals surface area contributed by atoms with E-state index in [4.69, 9.17) is 9.47 Å². The Balaban J connectivity index is 1.25. The number of aromatic nitrogens is 1. The summed E-state index contributed by atoms with van der Waals surface area (Å²) in [6, 6.07) is 12.5. The topological polar surface area (TPSA) is 54.9 Å². The number of carbonyl (C=O) groups is 1. The van der Waals surface area contributed by atoms with Gasteiger partial charge in [-0.25, -0.2) is 0 Å². The zero-order valence-electron chi connectivity index (χ0n) is 16.6. The molecule has 29 heavy (non-hydrogen) atoms. The van der Waals surface area contributed by atoms with E-state index >= 15 is 0 Å². The van der Waals surface area contributed by atoms with Crippen molar-refractivity contribution < 1.29 is 14.3 Å². The van der Waals surface area contributed by atoms with Gasteiger partial charge in [0.25, 0.3) is 5.91 Å². The highest BCUT2D eigenvalue weighted by Crippen LogP contribution is 2.38. The first-order valence-corrected chi connectivity index (χ1v) is 10.6. The highest BCUT2D eigenvalue weighted by atomic mass is 16.5. The van der Waals surface area contributed by atoms with Crippen LogP contribution in [0.4, 0.5) is 5.69 Å². The van der Waals surface area contributed by atoms with Crippen molar-refractivity contribution in [3.05, 3.63) is 54.4 Å². The fourth-order valence-electron chi connectivity index (χ4n) is 4.95. The first-order valence-electron chi connectivity index (χ1n) is 10.6. The van der Waals surface area contributed by atoms with E-state index in [1.54, 1.807) is 12.4 Å². The van der Waals surface area contributed by atoms with Crippen LogP contribution in [0.5, 0.6) is 5.75 Å². The van der Waals surface area contributed by atoms with Gasteiger partial charge in [-0.2, -0.15) is 0 Å². The minimum absolute atomic E-state index is 0.157. The van der Waals surface area contributed by atoms with Crippen LogP contribution in [-0.4, -0.2) is 60.3 Å². The largest absolute Gasteiger partial charge is 0.489 e. The molecule has 2 bridgehead atoms. The molecule has 0 spiro atoms. The molecule has 1 amide bonds. The van der Waals surface area contributed by atoms with E-state index in [1.165, 1.54) is 0 Å². The van der Waals surface area contributed by atoms with Crippen LogP contribution in [0.2, 0.25) is 0 Å². The molecule has 0 N–H and O–H groups in total. The van der Waals surface area contributed by atoms with Crippen LogP contribution in [0.25, 0.3) is 0 Å². The number of anilines is 1. The van der Waals surface area contributed by atoms with Gasteiger partial charge in [0.15, 0.2) is 0 Å². The normalized spacial score (nSPS) is 26.4. The van der Waals surface area contributed by atoms with Crippen molar-refractivity contribution in [2.75, 3.05) is 31.2 Å². The first-order chi connectivity index (χ1) is 14.3. The summed E-state index contributed by atoms with van der Waals surface area (Å²) >= 11 is 0. The Morgan fingerprint density at radius 1 is 1.03 bits per heavy atom. The number of rotatable bonds is 4. The summed E-state index contributed by atoms with van der Waals surface area (Å²) < 4.78 is 11.6. The number of ether oxygens (including phenoxy) is 2. The molecule has 6 heteroatoms. The van der Waals surface area contributed by atoms with Gasteiger partial charge < -0.3 is 19.3 Å². The third-order valence-electron chi connectivity index (χ3n) is 6.35. The molecule has 3 aliphatic rings. The fraction of sp³-hybridized carbons (Fsp3) is 0.478. The highest BCUT2D eigenvalue weighted by Gasteiger charge is 2.44. The minimum Gasteiger partial charge on any atom is -0.489 e. The minimum atomic E-state index is 0.157. The van der Waals surface area contributed by atoms with Crippen LogP contribution in [0.15, 0.2) is 48.8 Å². The van der Waals surface area contributed by atoms with E-state index in [1.807, 2.05) is 24.3 Å². The quantitative estimate of drug-likeness (QED) is 0.799. The predicted molar refractivity (Wildman–Crippen MR) is 110 cm³/mol. The molecule has 0 saturated carbocycles. The molecule has 0 radical (unpaired) electrons. The second kappa shape index (κ2) is 8.03. The Bertz CT molecular complexity index is 822. The van der Waals surface area contributed by atoms with Crippen molar-refractivity contribution >= 4 is 11.6 Å². The number of benzene rings is 1. The number of carbonyl (C=O) groups excluding carboxylic acids is 1. The number of nitrogens with zero attached hydrogens (tertiary/aromatic N) is 3. The number of hydrogen-bond acceptors (Lipinski definition) is 5. The molecule has 2 aromatic rings. The maximum absolute atomic E-state index is 13.3. The second-order valence-electron chi connectivity index (χ2n) is 8.14. The third kappa shape index (κ3) is 3.81. The lowest BCUT2D eigenvalue weighted by Crippen LogP contribution is -2.49. The van der Waals surface area contributed by atoms with Crippen LogP contribution in [-0.2, 0) is 4.74 Å². The number of fused-ring (bicyclic) bond motifs is 2. The van der Waals surface area contributed by atoms with E-state index in [0.717, 1.165) is 69.0 Å². The average molecular weight is 393 g/mol. The van der Waals surface area contributed by atoms with Gasteiger partial charge in [0.05, 0.1) is 19.4 Å². The second-order valence-corrected chi connectivity index (χ2v) is 8.14. The van der Waals surface area contributed by atoms with Gasteiger partial charge in [-0.3, -0.25) is 9.78 Å². The summed E-state index contributed by atoms with van der Waals surface area (Å²) in [6.07, 6.45) is 7.58. The Hall–Kier alpha value is -2.60. The Labute approximate surface area is 171 Å². The molecule has 0 aliphatic carbocycles. The van der Waals surface area contributed by atoms with E-state index in [9.17, 15) is 4.79 Å². The summed E-state index contributed by atoms with van der Waals surface area (Å²) in [5.41, 5.74) is 1.95. The monoisotopic (exact) mass is 393 g/mol. The Morgan fingerprint density at radius 2 is 1.76 bits per heavy atom. The molecule has 2 atom stereocenters. The van der Waals surface area contributed by atoms with E-state index < -0.39 is 0 Å². The summed E-state index contributed by atoms with van der Waals surface area (Å²) in [6.45, 7) is 3.34. The number of amides is 1. The van der Waals surface area contributed by atoms with E-state index in [2.05, 4.69) is 26.9 Å². The van der Waals surface area contributed by atoms with Gasteiger partial charge in [-0.05, 0) is 49.2 Å². The van der Waals surface area contributed by atoms with Crippen LogP contribution in [0, 0.1) is 0 Å². The Kier molecular flexibility index (Phi) is 5.10. The van der Waals surface area contributed by atoms with Crippen LogP contribution < -0.4 is 9.64 Å². The third-order valence-corrected chi connectivity index (χ3v) is 6.35. The zero-order chi connectivity index (χ0) is 19.6. The van der Waals surface area contributed by atoms with Crippen molar-refractivity contribution in [1.82, 2.24) is 9.88 Å². The van der Waals surface area contributed by atoms with Gasteiger partial charge in [0.2, 0.25) is 0 Å². The molecule has 0 unspecified atom stereocenters. The standard InChI is InChI=1S/C23H27N3O3/c27-23(17-3-5-18(6-4-17)25-10-12-28-13-11-25)26-19-7-8-20(26)15-22(14-19)29-21-2-1-9-24-16-21/h1-6,9,16,19-20,22H,7-8,10-15H2/t19-,20-/m0/s1. The maximum atomic E-state index is 13.3. The van der Waals surface area contributed by atoms with Gasteiger partial charge in [-0.15, -0.1) is 0 Å². The van der Waals surface area contributed by atoms with E-state index in [-0.39, 0.29) is 24.1 Å². The van der Waals surface area contributed by atoms with Crippen molar-refractivity contribution in [2.45, 2.75) is 43.9 Å². The van der Waals surface area contributed by atoms with Gasteiger partial charge in [0.1, 0.15) is 11.9 Å². The number of morpholine rings is 1. The van der Waals surface area contributed by atoms with Gasteiger partial charge in [0, 0.05) is 55.5 Å². The molecule has 3 saturated heterocycles. The number of piperidine rings is 1. The van der Waals surface area contributed by atoms with Crippen LogP contribution in [0.1, 0.15) is 36.0 Å². The number of pyridine rings is 1. The molecule has 1 aromatic carbocycles. The summed E-state index contributed by atoms with van der Waals surface area (Å²) in [5, 5.41) is 0. The molecular weight excluding hydrogens is 366 g/mol. The summed E-state index contributed by atoms with van der Waals surface area (Å²) in [5.74, 6) is 0.973. The lowest BCUT2D eigenvalue weighted by Gasteiger charge is -2.39. The molecule has 3 aliphatic heterocycles. The molecule has 1 aromatic heterocycles. The summed E-state index contributed by atoms with van der Waals surface area (Å²) in [4.78, 5) is 21.8. The van der Waals surface area contributed by atoms with Crippen molar-refractivity contribution in [3.8, 4) is 5.75 Å². The maximum Gasteiger partial charge on any atom is 0.254 e. The molecule has 5 rings (SSSR count). The zero-order valence-corrected chi connectivity index (χ0v) is 16.6. The van der Waals surface area contributed by atoms with Crippen molar-refractivity contribution in [2.24, 2.45) is 0 Å². The molecule has 6 nitrogen and oxygen atoms in total. The highest BCUT2D eigenvalue weighted by molar-refractivity contribution is 5.95. The van der Waals surface area contributed by atoms with E-state index in [0.29, 0.717) is 0 Å². The lowest BCUT2D eigenvalue weighted by atomic mass is 9.98. The van der Waals surface area contributed by atoms with Crippen LogP contribution in [0.3, 0.4) is 0 Å². The fourth-order valence-corrected chi connectivity index (χ4v) is 4.95. The van der Waals surface area contributed by atoms with Gasteiger partial charge >= 0.3 is 0 Å². The lowest BCUT2D eigenvalue weighted by molar-refractivity contribution is 0.0358.